The van der Waals surface area contributed by atoms with Gasteiger partial charge in [0.05, 0.1) is 5.75 Å². The molecule has 2 fully saturated rings. The zero-order valence-corrected chi connectivity index (χ0v) is 17.4. The van der Waals surface area contributed by atoms with E-state index in [0.29, 0.717) is 5.75 Å². The van der Waals surface area contributed by atoms with Gasteiger partial charge in [0.25, 0.3) is 0 Å². The quantitative estimate of drug-likeness (QED) is 0.720. The highest BCUT2D eigenvalue weighted by atomic mass is 35.5. The molecule has 7 heteroatoms. The van der Waals surface area contributed by atoms with E-state index < -0.39 is 0 Å². The summed E-state index contributed by atoms with van der Waals surface area (Å²) >= 11 is 7.84. The van der Waals surface area contributed by atoms with Crippen molar-refractivity contribution >= 4 is 35.1 Å². The third kappa shape index (κ3) is 4.62. The first-order chi connectivity index (χ1) is 13.7. The molecule has 2 aromatic rings. The Bertz CT molecular complexity index is 798. The van der Waals surface area contributed by atoms with Crippen molar-refractivity contribution in [3.63, 3.8) is 0 Å². The van der Waals surface area contributed by atoms with Crippen LogP contribution in [0.4, 0.5) is 5.82 Å². The number of nitrogens with zero attached hydrogens (tertiary/aromatic N) is 4. The van der Waals surface area contributed by atoms with Crippen LogP contribution in [-0.2, 0) is 4.79 Å². The topological polar surface area (TPSA) is 39.7 Å². The Morgan fingerprint density at radius 3 is 2.68 bits per heavy atom. The Kier molecular flexibility index (Phi) is 6.40. The molecule has 1 unspecified atom stereocenters. The van der Waals surface area contributed by atoms with E-state index in [1.165, 1.54) is 0 Å². The molecule has 2 saturated heterocycles. The van der Waals surface area contributed by atoms with Crippen LogP contribution in [0.2, 0.25) is 5.02 Å². The highest BCUT2D eigenvalue weighted by molar-refractivity contribution is 8.00. The molecule has 2 aliphatic heterocycles. The van der Waals surface area contributed by atoms with Crippen molar-refractivity contribution in [3.05, 3.63) is 59.2 Å². The molecule has 1 aromatic carbocycles. The zero-order chi connectivity index (χ0) is 19.3. The smallest absolute Gasteiger partial charge is 0.233 e. The number of amides is 1. The average Bonchev–Trinajstić information content (AvgIpc) is 3.10. The maximum absolute atomic E-state index is 12.4. The fourth-order valence-electron chi connectivity index (χ4n) is 3.84. The summed E-state index contributed by atoms with van der Waals surface area (Å²) in [6.07, 6.45) is 2.84. The molecule has 2 aliphatic rings. The minimum Gasteiger partial charge on any atom is -0.354 e. The lowest BCUT2D eigenvalue weighted by molar-refractivity contribution is -0.128. The van der Waals surface area contributed by atoms with Gasteiger partial charge in [0.15, 0.2) is 0 Å². The van der Waals surface area contributed by atoms with Crippen molar-refractivity contribution in [2.75, 3.05) is 49.9 Å². The van der Waals surface area contributed by atoms with E-state index >= 15 is 0 Å². The first-order valence-corrected chi connectivity index (χ1v) is 11.2. The van der Waals surface area contributed by atoms with Crippen LogP contribution in [0.1, 0.15) is 17.4 Å². The van der Waals surface area contributed by atoms with Crippen LogP contribution in [0, 0.1) is 0 Å². The number of benzene rings is 1. The van der Waals surface area contributed by atoms with Gasteiger partial charge in [0.1, 0.15) is 11.2 Å². The Hall–Kier alpha value is -1.76. The van der Waals surface area contributed by atoms with Crippen molar-refractivity contribution in [1.82, 2.24) is 14.8 Å². The Morgan fingerprint density at radius 1 is 1.07 bits per heavy atom. The Morgan fingerprint density at radius 2 is 1.93 bits per heavy atom. The van der Waals surface area contributed by atoms with E-state index in [0.717, 1.165) is 62.1 Å². The summed E-state index contributed by atoms with van der Waals surface area (Å²) in [6, 6.07) is 13.9. The Balaban J connectivity index is 1.26. The number of rotatable bonds is 6. The van der Waals surface area contributed by atoms with Crippen LogP contribution in [0.3, 0.4) is 0 Å². The minimum absolute atomic E-state index is 0.0900. The molecule has 0 radical (unpaired) electrons. The number of piperazine rings is 1. The summed E-state index contributed by atoms with van der Waals surface area (Å²) in [7, 11) is 0. The molecular formula is C21H25ClN4OS. The second-order valence-electron chi connectivity index (χ2n) is 7.18. The van der Waals surface area contributed by atoms with Gasteiger partial charge in [-0.3, -0.25) is 9.69 Å². The monoisotopic (exact) mass is 416 g/mol. The summed E-state index contributed by atoms with van der Waals surface area (Å²) < 4.78 is 0. The molecule has 28 heavy (non-hydrogen) atoms. The summed E-state index contributed by atoms with van der Waals surface area (Å²) in [4.78, 5) is 23.7. The second kappa shape index (κ2) is 9.16. The number of carbonyl (C=O) groups is 1. The van der Waals surface area contributed by atoms with Crippen molar-refractivity contribution in [2.45, 2.75) is 11.8 Å². The fraction of sp³-hybridized carbons (Fsp3) is 0.429. The molecule has 0 aliphatic carbocycles. The number of halogens is 1. The van der Waals surface area contributed by atoms with Gasteiger partial charge >= 0.3 is 0 Å². The molecule has 1 aromatic heterocycles. The summed E-state index contributed by atoms with van der Waals surface area (Å²) in [5.41, 5.74) is 1.12. The first kappa shape index (κ1) is 19.6. The van der Waals surface area contributed by atoms with Gasteiger partial charge in [-0.15, -0.1) is 11.8 Å². The number of aromatic nitrogens is 1. The van der Waals surface area contributed by atoms with Gasteiger partial charge in [-0.2, -0.15) is 0 Å². The van der Waals surface area contributed by atoms with Crippen LogP contribution in [0.15, 0.2) is 48.7 Å². The predicted octanol–water partition coefficient (Wildman–Crippen LogP) is 3.52. The molecular weight excluding hydrogens is 392 g/mol. The largest absolute Gasteiger partial charge is 0.354 e. The van der Waals surface area contributed by atoms with Crippen molar-refractivity contribution in [3.8, 4) is 0 Å². The SMILES string of the molecule is O=C1CSC(c2cccc(Cl)c2)N1CCCN1CCN(c2ccccn2)CC1. The van der Waals surface area contributed by atoms with E-state index in [2.05, 4.69) is 26.9 Å². The lowest BCUT2D eigenvalue weighted by Crippen LogP contribution is -2.47. The number of hydrogen-bond donors (Lipinski definition) is 0. The Labute approximate surface area is 175 Å². The molecule has 1 amide bonds. The molecule has 148 valence electrons. The highest BCUT2D eigenvalue weighted by Gasteiger charge is 2.32. The summed E-state index contributed by atoms with van der Waals surface area (Å²) in [5.74, 6) is 1.85. The molecule has 1 atom stereocenters. The number of thioether (sulfide) groups is 1. The van der Waals surface area contributed by atoms with E-state index in [1.807, 2.05) is 41.4 Å². The number of pyridine rings is 1. The van der Waals surface area contributed by atoms with E-state index in [9.17, 15) is 4.79 Å². The number of carbonyl (C=O) groups excluding carboxylic acids is 1. The predicted molar refractivity (Wildman–Crippen MR) is 116 cm³/mol. The third-order valence-corrected chi connectivity index (χ3v) is 6.81. The van der Waals surface area contributed by atoms with E-state index in [1.54, 1.807) is 11.8 Å². The molecule has 0 bridgehead atoms. The van der Waals surface area contributed by atoms with E-state index in [-0.39, 0.29) is 11.3 Å². The van der Waals surface area contributed by atoms with Gasteiger partial charge in [0.2, 0.25) is 5.91 Å². The van der Waals surface area contributed by atoms with Gasteiger partial charge in [0, 0.05) is 43.9 Å². The molecule has 0 saturated carbocycles. The zero-order valence-electron chi connectivity index (χ0n) is 15.8. The maximum atomic E-state index is 12.4. The van der Waals surface area contributed by atoms with Gasteiger partial charge in [-0.05, 0) is 42.8 Å². The lowest BCUT2D eigenvalue weighted by Gasteiger charge is -2.35. The van der Waals surface area contributed by atoms with Crippen molar-refractivity contribution in [2.24, 2.45) is 0 Å². The molecule has 3 heterocycles. The highest BCUT2D eigenvalue weighted by Crippen LogP contribution is 2.39. The first-order valence-electron chi connectivity index (χ1n) is 9.75. The van der Waals surface area contributed by atoms with Gasteiger partial charge in [-0.25, -0.2) is 4.98 Å². The van der Waals surface area contributed by atoms with Gasteiger partial charge in [-0.1, -0.05) is 29.8 Å². The molecule has 4 rings (SSSR count). The lowest BCUT2D eigenvalue weighted by atomic mass is 10.2. The third-order valence-electron chi connectivity index (χ3n) is 5.32. The fourth-order valence-corrected chi connectivity index (χ4v) is 5.25. The van der Waals surface area contributed by atoms with Gasteiger partial charge < -0.3 is 9.80 Å². The van der Waals surface area contributed by atoms with Crippen LogP contribution >= 0.6 is 23.4 Å². The second-order valence-corrected chi connectivity index (χ2v) is 8.68. The van der Waals surface area contributed by atoms with Crippen LogP contribution in [0.25, 0.3) is 0 Å². The number of hydrogen-bond acceptors (Lipinski definition) is 5. The van der Waals surface area contributed by atoms with Crippen molar-refractivity contribution in [1.29, 1.82) is 0 Å². The normalized spacial score (nSPS) is 20.8. The van der Waals surface area contributed by atoms with Crippen LogP contribution in [0.5, 0.6) is 0 Å². The molecule has 5 nitrogen and oxygen atoms in total. The van der Waals surface area contributed by atoms with Crippen LogP contribution < -0.4 is 4.90 Å². The van der Waals surface area contributed by atoms with E-state index in [4.69, 9.17) is 11.6 Å². The standard InChI is InChI=1S/C21H25ClN4OS/c22-18-6-3-5-17(15-18)21-26(20(27)16-28-21)10-4-9-24-11-13-25(14-12-24)19-7-1-2-8-23-19/h1-3,5-8,15,21H,4,9-14,16H2. The summed E-state index contributed by atoms with van der Waals surface area (Å²) in [6.45, 7) is 5.89. The van der Waals surface area contributed by atoms with Crippen molar-refractivity contribution < 1.29 is 4.79 Å². The molecule has 0 spiro atoms. The minimum atomic E-state index is 0.0900. The summed E-state index contributed by atoms with van der Waals surface area (Å²) in [5, 5.41) is 0.815. The van der Waals surface area contributed by atoms with Crippen LogP contribution in [-0.4, -0.2) is 65.7 Å². The molecule has 0 N–H and O–H groups in total. The number of anilines is 1. The maximum Gasteiger partial charge on any atom is 0.233 e. The average molecular weight is 417 g/mol.